The van der Waals surface area contributed by atoms with Gasteiger partial charge in [-0.3, -0.25) is 51.7 Å². The number of nitrogens with zero attached hydrogens (tertiary/aromatic N) is 23. The number of carbonyl (C=O) groups is 10. The van der Waals surface area contributed by atoms with Crippen molar-refractivity contribution in [3.63, 3.8) is 0 Å². The fourth-order valence-corrected chi connectivity index (χ4v) is 10.7. The number of carbonyl (C=O) groups excluding carboxylic acids is 9. The maximum atomic E-state index is 14.3. The number of pyridine rings is 2. The van der Waals surface area contributed by atoms with Crippen LogP contribution in [0.25, 0.3) is 0 Å². The fourth-order valence-electron chi connectivity index (χ4n) is 9.80. The fraction of sp³-hybridized carbons (Fsp3) is 0.522. The second-order valence-electron chi connectivity index (χ2n) is 30.8. The van der Waals surface area contributed by atoms with E-state index in [1.807, 2.05) is 51.0 Å². The molecule has 4 N–H and O–H groups in total. The SMILES string of the molecule is C.C.C.C#CC(=O)OC.C#CC(=O)OC(C)(C)C.CCC(=O)c1cn(CCC(F)Cn2cc(C(=O)NCc3cc(C)ccn3)nn2)nn1.CCC(F)CCOS(=O)(=O)c1ccc(C)cc1.CCC(F)CCn1cc(C(=O)OC)nn1.COC(=O)c1cn(CCC(F)Cn2cc(C(=O)O)nn2)nn1.COC(=O)c1cn(CCC(F)Cn2cc(C(=O)OC(C)(C)C)nn2)nn1.Cc1ccnc(CN)c1.O=CC(F)(F)F.[2H]CC.[2H]CF. The van der Waals surface area contributed by atoms with Crippen molar-refractivity contribution in [3.8, 4) is 24.7 Å². The first-order valence-electron chi connectivity index (χ1n) is 44.6. The van der Waals surface area contributed by atoms with Crippen LogP contribution in [0.2, 0.25) is 0 Å². The van der Waals surface area contributed by atoms with E-state index in [1.165, 1.54) is 111 Å². The van der Waals surface area contributed by atoms with Crippen LogP contribution >= 0.6 is 0 Å². The highest BCUT2D eigenvalue weighted by molar-refractivity contribution is 7.86. The maximum absolute atomic E-state index is 14.3. The van der Waals surface area contributed by atoms with Gasteiger partial charge in [0.2, 0.25) is 6.29 Å². The van der Waals surface area contributed by atoms with E-state index in [0.717, 1.165) is 33.4 Å². The minimum absolute atomic E-state index is 0. The van der Waals surface area contributed by atoms with Gasteiger partial charge in [0.25, 0.3) is 16.0 Å². The van der Waals surface area contributed by atoms with Crippen molar-refractivity contribution in [2.45, 2.75) is 283 Å². The molecular formula is C92H134F9N25O20S. The van der Waals surface area contributed by atoms with Crippen LogP contribution < -0.4 is 11.1 Å². The molecule has 0 saturated heterocycles. The lowest BCUT2D eigenvalue weighted by Crippen LogP contribution is -2.24. The third-order valence-electron chi connectivity index (χ3n) is 16.9. The smallest absolute Gasteiger partial charge is 0.446 e. The van der Waals surface area contributed by atoms with Crippen molar-refractivity contribution in [3.05, 3.63) is 172 Å². The molecule has 0 saturated carbocycles. The van der Waals surface area contributed by atoms with Crippen LogP contribution in [0.15, 0.2) is 109 Å². The Hall–Kier alpha value is -15.0. The quantitative estimate of drug-likeness (QED) is 0.00480. The summed E-state index contributed by atoms with van der Waals surface area (Å²) in [4.78, 5) is 117. The summed E-state index contributed by atoms with van der Waals surface area (Å²) in [7, 11) is 0.228. The number of nitrogens with two attached hydrogens (primary N) is 1. The van der Waals surface area contributed by atoms with Crippen LogP contribution in [-0.4, -0.2) is 279 Å². The Bertz CT molecular complexity index is 5760. The summed E-state index contributed by atoms with van der Waals surface area (Å²) < 4.78 is 186. The Morgan fingerprint density at radius 2 is 0.823 bits per heavy atom. The number of esters is 6. The summed E-state index contributed by atoms with van der Waals surface area (Å²) in [6.07, 6.45) is 13.1. The number of halogens is 9. The van der Waals surface area contributed by atoms with Crippen molar-refractivity contribution in [1.82, 2.24) is 120 Å². The molecule has 10 rings (SSSR count). The molecule has 5 unspecified atom stereocenters. The van der Waals surface area contributed by atoms with Gasteiger partial charge in [-0.25, -0.2) is 69.6 Å². The van der Waals surface area contributed by atoms with Gasteiger partial charge >= 0.3 is 48.0 Å². The van der Waals surface area contributed by atoms with Crippen molar-refractivity contribution < 1.29 is 136 Å². The van der Waals surface area contributed by atoms with Gasteiger partial charge in [0.15, 0.2) is 39.9 Å². The van der Waals surface area contributed by atoms with E-state index in [1.54, 1.807) is 99.7 Å². The maximum Gasteiger partial charge on any atom is 0.446 e. The number of ketones is 1. The van der Waals surface area contributed by atoms with Gasteiger partial charge in [0.05, 0.1) is 129 Å². The molecule has 0 fully saturated rings. The molecule has 816 valence electrons. The van der Waals surface area contributed by atoms with Gasteiger partial charge in [0, 0.05) is 90.4 Å². The third-order valence-corrected chi connectivity index (χ3v) is 18.2. The van der Waals surface area contributed by atoms with Gasteiger partial charge in [-0.15, -0.1) is 48.5 Å². The Kier molecular flexibility index (Phi) is 67.4. The number of ether oxygens (including phenoxy) is 6. The number of rotatable bonds is 36. The van der Waals surface area contributed by atoms with Gasteiger partial charge in [-0.1, -0.05) is 111 Å². The van der Waals surface area contributed by atoms with Gasteiger partial charge in [-0.2, -0.15) is 21.6 Å². The molecule has 0 aliphatic heterocycles. The van der Waals surface area contributed by atoms with E-state index < -0.39 is 119 Å². The molecule has 1 amide bonds. The van der Waals surface area contributed by atoms with E-state index in [0.29, 0.717) is 45.7 Å². The zero-order valence-electron chi connectivity index (χ0n) is 84.5. The molecule has 9 heterocycles. The molecule has 45 nitrogen and oxygen atoms in total. The molecule has 0 aliphatic rings. The molecule has 1 aromatic carbocycles. The van der Waals surface area contributed by atoms with Gasteiger partial charge in [0.1, 0.15) is 47.8 Å². The second-order valence-corrected chi connectivity index (χ2v) is 32.4. The number of Topliss-reactive ketones (excluding diaryl/α,β-unsaturated/α-hetero) is 1. The van der Waals surface area contributed by atoms with Crippen molar-refractivity contribution >= 4 is 69.9 Å². The largest absolute Gasteiger partial charge is 0.476 e. The predicted molar refractivity (Wildman–Crippen MR) is 517 cm³/mol. The molecule has 147 heavy (non-hydrogen) atoms. The predicted octanol–water partition coefficient (Wildman–Crippen LogP) is 12.3. The number of hydrogen-bond acceptors (Lipinski definition) is 36. The number of carboxylic acids is 1. The van der Waals surface area contributed by atoms with Crippen LogP contribution in [0.5, 0.6) is 0 Å². The monoisotopic (exact) mass is 2110 g/mol. The third kappa shape index (κ3) is 61.0. The number of aldehydes is 1. The number of amides is 1. The van der Waals surface area contributed by atoms with E-state index in [4.69, 9.17) is 38.5 Å². The highest BCUT2D eigenvalue weighted by Crippen LogP contribution is 2.18. The molecule has 9 aromatic heterocycles. The summed E-state index contributed by atoms with van der Waals surface area (Å²) in [6, 6.07) is 14.0. The minimum Gasteiger partial charge on any atom is -0.476 e. The number of nitrogens with one attached hydrogen (secondary N) is 1. The minimum atomic E-state index is -4.64. The first-order chi connectivity index (χ1) is 68.7. The number of hydrogen-bond donors (Lipinski definition) is 3. The number of aromatic nitrogens is 23. The highest BCUT2D eigenvalue weighted by Gasteiger charge is 2.27. The number of benzene rings is 1. The van der Waals surface area contributed by atoms with Crippen LogP contribution in [0.4, 0.5) is 39.5 Å². The highest BCUT2D eigenvalue weighted by atomic mass is 32.2. The van der Waals surface area contributed by atoms with Crippen LogP contribution in [0.1, 0.15) is 254 Å². The van der Waals surface area contributed by atoms with Gasteiger partial charge < -0.3 is 44.6 Å². The summed E-state index contributed by atoms with van der Waals surface area (Å²) in [5.41, 5.74) is 9.56. The summed E-state index contributed by atoms with van der Waals surface area (Å²) >= 11 is 0. The molecule has 5 atom stereocenters. The summed E-state index contributed by atoms with van der Waals surface area (Å²) in [5, 5.41) is 62.9. The number of aryl methyl sites for hydroxylation is 7. The molecule has 55 heteroatoms. The van der Waals surface area contributed by atoms with Crippen LogP contribution in [0, 0.1) is 45.5 Å². The van der Waals surface area contributed by atoms with Crippen molar-refractivity contribution in [1.29, 1.82) is 0 Å². The Morgan fingerprint density at radius 1 is 0.497 bits per heavy atom. The zero-order chi connectivity index (χ0) is 111. The molecule has 0 bridgehead atoms. The average Bonchev–Trinajstić information content (AvgIpc) is 1.35. The standard InChI is InChI=1S/C19H23FN8O2.C15H21FN6O4.C12H17FO3S.C11H13FN6O4.C9H14FN3O2.C7H10N2.C7H10O2.C4H4O2.C2HF3O.C2H6.CH3F.3CH4/c1-3-18(29)16-11-27(25-23-16)7-5-14(20)10-28-12-17(24-26-28)19(30)22-9-15-8-13(2)4-6-21-15;1-15(2,3)26-14(24)12-9-22(20-18-12)7-10(16)5-6-21-8-11(17-19-21)13(23)25-4;1-3-11(13)8-9-16-17(14,15)12-6-4-10(2)5-7-12;1-22-11(21)9-6-17(15-14-9)3-2-7(12)4-18-5-8(10(19)20)13-16-18;1-3-7(10)4-5-13-6-8(11-12-13)9(14)15-2;1-6-2-3-9-7(4-6)5-8;1-5-6(8)9-7(2,3)4;1-3-4(5)6-2;3-2(4,5)1-6;2*1-2;;;/h4,6,8,11-12,14H,3,5,7,9-10H2,1-2H3,(H,22,30);8-10H,5-7H2,1-4H3;4-7,11H,3,8-9H2,1-2H3;5-7H,2-4H2,1H3,(H,19,20);6-7H,3-5H2,1-2H3;2-4H,5,8H2,1H3;1H,2-4H3;1H,2H3;1H;1-2H3;1H3;3*1H4/i;;;;;;;;;2*1D;;;. The van der Waals surface area contributed by atoms with Crippen molar-refractivity contribution in [2.75, 3.05) is 42.2 Å². The van der Waals surface area contributed by atoms with Crippen molar-refractivity contribution in [2.24, 2.45) is 5.73 Å². The number of carboxylic acid groups (broad SMARTS) is 1. The average molecular weight is 2120 g/mol. The first-order valence-corrected chi connectivity index (χ1v) is 44.6. The topological polar surface area (TPSA) is 568 Å². The molecule has 0 aliphatic carbocycles. The van der Waals surface area contributed by atoms with Crippen LogP contribution in [0.3, 0.4) is 0 Å². The Morgan fingerprint density at radius 3 is 1.14 bits per heavy atom. The molecular weight excluding hydrogens is 1980 g/mol. The number of methoxy groups -OCH3 is 4. The number of terminal acetylenes is 2. The lowest BCUT2D eigenvalue weighted by molar-refractivity contribution is -0.156. The first kappa shape index (κ1) is 134. The van der Waals surface area contributed by atoms with E-state index in [2.05, 4.69) is 113 Å². The van der Waals surface area contributed by atoms with Crippen LogP contribution in [-0.2, 0) is 116 Å². The lowest BCUT2D eigenvalue weighted by Gasteiger charge is -2.18. The summed E-state index contributed by atoms with van der Waals surface area (Å²) in [5.74, 6) is -1.73. The number of alkyl halides is 9. The second kappa shape index (κ2) is 73.9. The summed E-state index contributed by atoms with van der Waals surface area (Å²) in [6.45, 7) is 25.4. The lowest BCUT2D eigenvalue weighted by atomic mass is 10.2. The van der Waals surface area contributed by atoms with E-state index in [-0.39, 0.29) is 151 Å². The van der Waals surface area contributed by atoms with Gasteiger partial charge in [-0.05, 0) is 129 Å². The number of aromatic carboxylic acids is 1. The normalized spacial score (nSPS) is 11.5. The Labute approximate surface area is 850 Å². The van der Waals surface area contributed by atoms with E-state index >= 15 is 0 Å². The van der Waals surface area contributed by atoms with E-state index in [9.17, 15) is 91.1 Å². The zero-order valence-corrected chi connectivity index (χ0v) is 83.3. The Balaban J connectivity index is -0.000000819. The molecule has 0 spiro atoms. The molecule has 10 aromatic rings. The molecule has 0 radical (unpaired) electrons.